The van der Waals surface area contributed by atoms with Crippen molar-refractivity contribution in [2.75, 3.05) is 31.2 Å². The predicted molar refractivity (Wildman–Crippen MR) is 135 cm³/mol. The van der Waals surface area contributed by atoms with E-state index in [9.17, 15) is 19.5 Å². The van der Waals surface area contributed by atoms with E-state index in [1.165, 1.54) is 0 Å². The molecule has 0 aromatic heterocycles. The highest BCUT2D eigenvalue weighted by molar-refractivity contribution is 8.02. The SMILES string of the molecule is Cc1ccc(C)c(N2CC=C[C@]34S[C@@H]5C=CCOC(=O)[C@@H]5[C@H]3C(=O)N(CCCCCO)C4C2=O)c1. The summed E-state index contributed by atoms with van der Waals surface area (Å²) in [6.07, 6.45) is 9.92. The van der Waals surface area contributed by atoms with Gasteiger partial charge in [0.15, 0.2) is 0 Å². The first-order chi connectivity index (χ1) is 16.9. The molecule has 4 aliphatic heterocycles. The number of esters is 1. The molecule has 1 aromatic rings. The maximum atomic E-state index is 14.3. The van der Waals surface area contributed by atoms with Crippen LogP contribution in [0.3, 0.4) is 0 Å². The zero-order valence-corrected chi connectivity index (χ0v) is 21.0. The number of aliphatic hydroxyl groups is 1. The molecule has 1 unspecified atom stereocenters. The van der Waals surface area contributed by atoms with Gasteiger partial charge in [-0.1, -0.05) is 36.4 Å². The number of nitrogens with zero attached hydrogens (tertiary/aromatic N) is 2. The molecule has 1 aromatic carbocycles. The number of thioether (sulfide) groups is 1. The smallest absolute Gasteiger partial charge is 0.311 e. The zero-order valence-electron chi connectivity index (χ0n) is 20.2. The van der Waals surface area contributed by atoms with E-state index in [4.69, 9.17) is 4.74 Å². The number of rotatable bonds is 6. The third kappa shape index (κ3) is 3.91. The number of benzene rings is 1. The molecule has 5 rings (SSSR count). The fourth-order valence-electron chi connectivity index (χ4n) is 6.01. The van der Waals surface area contributed by atoms with Gasteiger partial charge in [-0.2, -0.15) is 0 Å². The van der Waals surface area contributed by atoms with Crippen molar-refractivity contribution in [2.45, 2.75) is 49.1 Å². The number of carbonyl (C=O) groups is 3. The first-order valence-electron chi connectivity index (χ1n) is 12.4. The standard InChI is InChI=1S/C27H32N2O5S/c1-17-9-10-18(2)19(16-17)28-13-7-11-27-22(21-20(35-27)8-6-15-34-26(21)33)24(31)29(23(27)25(28)32)12-4-3-5-14-30/h6-11,16,20-23,30H,3-5,12-15H2,1-2H3/t20-,21+,22+,23?,27+/m1/s1. The Morgan fingerprint density at radius 1 is 1.11 bits per heavy atom. The van der Waals surface area contributed by atoms with Crippen molar-refractivity contribution in [3.8, 4) is 0 Å². The van der Waals surface area contributed by atoms with E-state index in [2.05, 4.69) is 0 Å². The molecule has 2 amide bonds. The van der Waals surface area contributed by atoms with Gasteiger partial charge in [0, 0.05) is 30.6 Å². The molecular weight excluding hydrogens is 464 g/mol. The number of fused-ring (bicyclic) bond motifs is 2. The predicted octanol–water partition coefficient (Wildman–Crippen LogP) is 2.78. The molecule has 186 valence electrons. The number of likely N-dealkylation sites (tertiary alicyclic amines) is 1. The maximum Gasteiger partial charge on any atom is 0.311 e. The summed E-state index contributed by atoms with van der Waals surface area (Å²) in [4.78, 5) is 44.8. The Morgan fingerprint density at radius 3 is 2.74 bits per heavy atom. The molecule has 0 bridgehead atoms. The van der Waals surface area contributed by atoms with Gasteiger partial charge in [0.25, 0.3) is 5.91 Å². The van der Waals surface area contributed by atoms with Crippen molar-refractivity contribution in [2.24, 2.45) is 11.8 Å². The maximum absolute atomic E-state index is 14.3. The van der Waals surface area contributed by atoms with Crippen LogP contribution < -0.4 is 4.90 Å². The molecule has 4 aliphatic rings. The number of unbranched alkanes of at least 4 members (excludes halogenated alkanes) is 2. The topological polar surface area (TPSA) is 87.2 Å². The molecule has 8 heteroatoms. The molecule has 1 spiro atoms. The van der Waals surface area contributed by atoms with Crippen LogP contribution in [0, 0.1) is 25.7 Å². The molecule has 2 fully saturated rings. The summed E-state index contributed by atoms with van der Waals surface area (Å²) in [6.45, 7) is 5.14. The van der Waals surface area contributed by atoms with E-state index in [1.54, 1.807) is 21.6 Å². The van der Waals surface area contributed by atoms with Crippen molar-refractivity contribution >= 4 is 35.2 Å². The van der Waals surface area contributed by atoms with Crippen LogP contribution in [0.1, 0.15) is 30.4 Å². The number of aryl methyl sites for hydroxylation is 2. The molecule has 0 radical (unpaired) electrons. The monoisotopic (exact) mass is 496 g/mol. The molecular formula is C27H32N2O5S. The third-order valence-electron chi connectivity index (χ3n) is 7.63. The summed E-state index contributed by atoms with van der Waals surface area (Å²) >= 11 is 1.56. The van der Waals surface area contributed by atoms with Gasteiger partial charge in [-0.15, -0.1) is 11.8 Å². The Morgan fingerprint density at radius 2 is 1.94 bits per heavy atom. The molecule has 2 saturated heterocycles. The number of carbonyl (C=O) groups excluding carboxylic acids is 3. The van der Waals surface area contributed by atoms with Gasteiger partial charge in [0.2, 0.25) is 5.91 Å². The summed E-state index contributed by atoms with van der Waals surface area (Å²) in [5.74, 6) is -1.87. The van der Waals surface area contributed by atoms with Crippen LogP contribution in [0.15, 0.2) is 42.5 Å². The minimum atomic E-state index is -0.826. The third-order valence-corrected chi connectivity index (χ3v) is 9.37. The van der Waals surface area contributed by atoms with E-state index < -0.39 is 22.6 Å². The Kier molecular flexibility index (Phi) is 6.53. The fraction of sp³-hybridized carbons (Fsp3) is 0.519. The molecule has 4 heterocycles. The van der Waals surface area contributed by atoms with Crippen LogP contribution >= 0.6 is 11.8 Å². The van der Waals surface area contributed by atoms with Crippen LogP contribution in [-0.4, -0.2) is 70.1 Å². The summed E-state index contributed by atoms with van der Waals surface area (Å²) in [5, 5.41) is 8.98. The first kappa shape index (κ1) is 24.1. The second-order valence-electron chi connectivity index (χ2n) is 9.86. The lowest BCUT2D eigenvalue weighted by Crippen LogP contribution is -2.53. The van der Waals surface area contributed by atoms with Gasteiger partial charge >= 0.3 is 5.97 Å². The Balaban J connectivity index is 1.58. The highest BCUT2D eigenvalue weighted by Gasteiger charge is 2.71. The summed E-state index contributed by atoms with van der Waals surface area (Å²) in [7, 11) is 0. The first-order valence-corrected chi connectivity index (χ1v) is 13.3. The van der Waals surface area contributed by atoms with Crippen LogP contribution in [0.25, 0.3) is 0 Å². The molecule has 0 aliphatic carbocycles. The van der Waals surface area contributed by atoms with Gasteiger partial charge in [0.1, 0.15) is 12.6 Å². The average Bonchev–Trinajstić information content (AvgIpc) is 3.13. The highest BCUT2D eigenvalue weighted by atomic mass is 32.2. The van der Waals surface area contributed by atoms with E-state index >= 15 is 0 Å². The number of anilines is 1. The number of aliphatic hydroxyl groups excluding tert-OH is 1. The molecule has 5 atom stereocenters. The van der Waals surface area contributed by atoms with Crippen LogP contribution in [0.4, 0.5) is 5.69 Å². The van der Waals surface area contributed by atoms with E-state index in [1.807, 2.05) is 56.4 Å². The Bertz CT molecular complexity index is 1100. The lowest BCUT2D eigenvalue weighted by Gasteiger charge is -2.35. The molecule has 1 N–H and O–H groups in total. The normalized spacial score (nSPS) is 31.7. The summed E-state index contributed by atoms with van der Waals surface area (Å²) < 4.78 is 4.59. The van der Waals surface area contributed by atoms with Gasteiger partial charge in [-0.25, -0.2) is 0 Å². The van der Waals surface area contributed by atoms with Crippen molar-refractivity contribution in [3.05, 3.63) is 53.6 Å². The van der Waals surface area contributed by atoms with Crippen LogP contribution in [-0.2, 0) is 19.1 Å². The average molecular weight is 497 g/mol. The van der Waals surface area contributed by atoms with Crippen molar-refractivity contribution < 1.29 is 24.2 Å². The van der Waals surface area contributed by atoms with Gasteiger partial charge in [-0.05, 0) is 50.3 Å². The second kappa shape index (κ2) is 9.47. The van der Waals surface area contributed by atoms with E-state index in [-0.39, 0.29) is 36.2 Å². The second-order valence-corrected chi connectivity index (χ2v) is 11.3. The largest absolute Gasteiger partial charge is 0.461 e. The quantitative estimate of drug-likeness (QED) is 0.370. The van der Waals surface area contributed by atoms with E-state index in [0.29, 0.717) is 25.9 Å². The Labute approximate surface area is 210 Å². The van der Waals surface area contributed by atoms with Crippen LogP contribution in [0.2, 0.25) is 0 Å². The van der Waals surface area contributed by atoms with Crippen molar-refractivity contribution in [1.29, 1.82) is 0 Å². The number of ether oxygens (including phenoxy) is 1. The Hall–Kier alpha value is -2.58. The minimum absolute atomic E-state index is 0.101. The highest BCUT2D eigenvalue weighted by Crippen LogP contribution is 2.61. The summed E-state index contributed by atoms with van der Waals surface area (Å²) in [6, 6.07) is 5.36. The van der Waals surface area contributed by atoms with Gasteiger partial charge in [-0.3, -0.25) is 14.4 Å². The zero-order chi connectivity index (χ0) is 24.7. The van der Waals surface area contributed by atoms with Crippen molar-refractivity contribution in [1.82, 2.24) is 4.90 Å². The molecule has 0 saturated carbocycles. The lowest BCUT2D eigenvalue weighted by molar-refractivity contribution is -0.151. The van der Waals surface area contributed by atoms with E-state index in [0.717, 1.165) is 23.2 Å². The molecule has 7 nitrogen and oxygen atoms in total. The fourth-order valence-corrected chi connectivity index (χ4v) is 8.01. The van der Waals surface area contributed by atoms with Crippen LogP contribution in [0.5, 0.6) is 0 Å². The number of amides is 2. The number of hydrogen-bond donors (Lipinski definition) is 1. The van der Waals surface area contributed by atoms with Crippen molar-refractivity contribution in [3.63, 3.8) is 0 Å². The molecule has 35 heavy (non-hydrogen) atoms. The van der Waals surface area contributed by atoms with Gasteiger partial charge in [0.05, 0.1) is 16.6 Å². The number of hydrogen-bond acceptors (Lipinski definition) is 6. The lowest BCUT2D eigenvalue weighted by atomic mass is 9.78. The van der Waals surface area contributed by atoms with Gasteiger partial charge < -0.3 is 19.6 Å². The minimum Gasteiger partial charge on any atom is -0.461 e. The summed E-state index contributed by atoms with van der Waals surface area (Å²) in [5.41, 5.74) is 2.91. The number of cyclic esters (lactones) is 1.